The number of nitrogens with zero attached hydrogens (tertiary/aromatic N) is 5. The quantitative estimate of drug-likeness (QED) is 0.246. The second kappa shape index (κ2) is 8.30. The molecule has 1 aromatic carbocycles. The molecule has 150 valence electrons. The zero-order valence-electron chi connectivity index (χ0n) is 16.2. The van der Waals surface area contributed by atoms with Crippen LogP contribution >= 0.6 is 11.6 Å². The maximum Gasteiger partial charge on any atom is 0.167 e. The molecule has 4 N–H and O–H groups in total. The fraction of sp³-hybridized carbons (Fsp3) is 0.0952. The Bertz CT molecular complexity index is 1240. The zero-order chi connectivity index (χ0) is 21.1. The average molecular weight is 419 g/mol. The molecule has 0 atom stereocenters. The first-order valence-electron chi connectivity index (χ1n) is 9.16. The van der Waals surface area contributed by atoms with Crippen LogP contribution in [0.15, 0.2) is 59.8 Å². The number of hydrogen-bond donors (Lipinski definition) is 3. The predicted molar refractivity (Wildman–Crippen MR) is 122 cm³/mol. The van der Waals surface area contributed by atoms with Crippen LogP contribution in [0.2, 0.25) is 0 Å². The van der Waals surface area contributed by atoms with Crippen LogP contribution in [-0.4, -0.2) is 31.4 Å². The number of nitrogens with two attached hydrogens (primary N) is 1. The van der Waals surface area contributed by atoms with Crippen LogP contribution in [0.5, 0.6) is 0 Å². The molecule has 0 spiro atoms. The number of anilines is 2. The molecule has 3 heterocycles. The van der Waals surface area contributed by atoms with E-state index in [1.807, 2.05) is 47.0 Å². The number of halogens is 1. The summed E-state index contributed by atoms with van der Waals surface area (Å²) in [7, 11) is 0. The molecule has 4 rings (SSSR count). The topological polar surface area (TPSA) is 118 Å². The molecule has 4 aromatic rings. The minimum atomic E-state index is 0.336. The highest BCUT2D eigenvalue weighted by molar-refractivity contribution is 6.27. The van der Waals surface area contributed by atoms with E-state index in [1.165, 1.54) is 6.21 Å². The van der Waals surface area contributed by atoms with Crippen molar-refractivity contribution in [3.8, 4) is 17.1 Å². The van der Waals surface area contributed by atoms with Crippen molar-refractivity contribution in [3.05, 3.63) is 60.3 Å². The van der Waals surface area contributed by atoms with Gasteiger partial charge in [0.25, 0.3) is 0 Å². The van der Waals surface area contributed by atoms with E-state index in [4.69, 9.17) is 27.7 Å². The van der Waals surface area contributed by atoms with Crippen molar-refractivity contribution in [2.24, 2.45) is 5.10 Å². The monoisotopic (exact) mass is 418 g/mol. The molecule has 0 saturated carbocycles. The van der Waals surface area contributed by atoms with Crippen LogP contribution in [0.25, 0.3) is 28.2 Å². The molecule has 0 radical (unpaired) electrons. The number of nitrogen functional groups attached to an aromatic ring is 1. The van der Waals surface area contributed by atoms with E-state index >= 15 is 0 Å². The molecule has 0 unspecified atom stereocenters. The fourth-order valence-corrected chi connectivity index (χ4v) is 3.16. The summed E-state index contributed by atoms with van der Waals surface area (Å²) in [6, 6.07) is 15.2. The normalized spacial score (nSPS) is 11.3. The van der Waals surface area contributed by atoms with Gasteiger partial charge in [0, 0.05) is 23.5 Å². The first-order chi connectivity index (χ1) is 14.6. The summed E-state index contributed by atoms with van der Waals surface area (Å²) in [5, 5.41) is 11.5. The highest BCUT2D eigenvalue weighted by Crippen LogP contribution is 2.31. The van der Waals surface area contributed by atoms with Gasteiger partial charge in [-0.1, -0.05) is 12.1 Å². The summed E-state index contributed by atoms with van der Waals surface area (Å²) in [5.41, 5.74) is 13.3. The Morgan fingerprint density at radius 2 is 2.00 bits per heavy atom. The standard InChI is InChI=1S/C21H19ClN8/c1-13(23)12-26-29-18-9-8-17-21(28-18)30(15-6-4-14(11-22)5-7-15)20(27-17)16-3-2-10-25-19(16)24/h2-10,12,23H,11H2,1H3,(H2,24,25)(H,28,29)/b23-13?,26-12-. The first kappa shape index (κ1) is 19.5. The second-order valence-corrected chi connectivity index (χ2v) is 6.87. The SMILES string of the molecule is CC(=N)/C=N\Nc1ccc2nc(-c3cccnc3N)n(-c3ccc(CCl)cc3)c2n1. The van der Waals surface area contributed by atoms with Gasteiger partial charge in [0.05, 0.1) is 11.8 Å². The Balaban J connectivity index is 1.91. The van der Waals surface area contributed by atoms with Gasteiger partial charge in [0.15, 0.2) is 11.5 Å². The molecule has 30 heavy (non-hydrogen) atoms. The third kappa shape index (κ3) is 3.85. The van der Waals surface area contributed by atoms with Crippen molar-refractivity contribution in [3.63, 3.8) is 0 Å². The van der Waals surface area contributed by atoms with E-state index in [0.29, 0.717) is 45.8 Å². The molecule has 3 aromatic heterocycles. The van der Waals surface area contributed by atoms with Crippen LogP contribution < -0.4 is 11.2 Å². The van der Waals surface area contributed by atoms with E-state index in [2.05, 4.69) is 20.5 Å². The summed E-state index contributed by atoms with van der Waals surface area (Å²) in [4.78, 5) is 13.6. The van der Waals surface area contributed by atoms with Crippen molar-refractivity contribution >= 4 is 46.3 Å². The second-order valence-electron chi connectivity index (χ2n) is 6.60. The Labute approximate surface area is 178 Å². The van der Waals surface area contributed by atoms with Gasteiger partial charge in [-0.15, -0.1) is 11.6 Å². The fourth-order valence-electron chi connectivity index (χ4n) is 2.98. The molecule has 9 heteroatoms. The van der Waals surface area contributed by atoms with Crippen LogP contribution in [0.3, 0.4) is 0 Å². The maximum atomic E-state index is 7.44. The molecule has 0 bridgehead atoms. The highest BCUT2D eigenvalue weighted by Gasteiger charge is 2.18. The maximum absolute atomic E-state index is 7.44. The molecule has 8 nitrogen and oxygen atoms in total. The Hall–Kier alpha value is -3.78. The molecular formula is C21H19ClN8. The number of nitrogens with one attached hydrogen (secondary N) is 2. The van der Waals surface area contributed by atoms with Gasteiger partial charge < -0.3 is 11.1 Å². The smallest absolute Gasteiger partial charge is 0.167 e. The number of benzene rings is 1. The van der Waals surface area contributed by atoms with Crippen LogP contribution in [-0.2, 0) is 5.88 Å². The number of fused-ring (bicyclic) bond motifs is 1. The highest BCUT2D eigenvalue weighted by atomic mass is 35.5. The van der Waals surface area contributed by atoms with Crippen molar-refractivity contribution < 1.29 is 0 Å². The van der Waals surface area contributed by atoms with E-state index < -0.39 is 0 Å². The summed E-state index contributed by atoms with van der Waals surface area (Å²) in [6.45, 7) is 1.64. The third-order valence-electron chi connectivity index (χ3n) is 4.37. The Kier molecular flexibility index (Phi) is 5.40. The van der Waals surface area contributed by atoms with Crippen LogP contribution in [0.1, 0.15) is 12.5 Å². The van der Waals surface area contributed by atoms with Gasteiger partial charge in [-0.05, 0) is 48.9 Å². The molecule has 0 fully saturated rings. The number of alkyl halides is 1. The van der Waals surface area contributed by atoms with Crippen molar-refractivity contribution in [1.29, 1.82) is 5.41 Å². The van der Waals surface area contributed by atoms with Gasteiger partial charge in [-0.2, -0.15) is 5.10 Å². The molecular weight excluding hydrogens is 400 g/mol. The van der Waals surface area contributed by atoms with Gasteiger partial charge in [0.1, 0.15) is 17.2 Å². The lowest BCUT2D eigenvalue weighted by Gasteiger charge is -2.11. The van der Waals surface area contributed by atoms with E-state index in [1.54, 1.807) is 19.2 Å². The Morgan fingerprint density at radius 1 is 1.20 bits per heavy atom. The van der Waals surface area contributed by atoms with Crippen molar-refractivity contribution in [2.45, 2.75) is 12.8 Å². The van der Waals surface area contributed by atoms with E-state index in [-0.39, 0.29) is 0 Å². The van der Waals surface area contributed by atoms with E-state index in [0.717, 1.165) is 11.3 Å². The van der Waals surface area contributed by atoms with Gasteiger partial charge in [0.2, 0.25) is 0 Å². The lowest BCUT2D eigenvalue weighted by molar-refractivity contribution is 1.07. The molecule has 0 amide bonds. The number of aromatic nitrogens is 4. The van der Waals surface area contributed by atoms with Gasteiger partial charge in [-0.25, -0.2) is 15.0 Å². The Morgan fingerprint density at radius 3 is 2.70 bits per heavy atom. The zero-order valence-corrected chi connectivity index (χ0v) is 16.9. The number of hydrogen-bond acceptors (Lipinski definition) is 7. The minimum absolute atomic E-state index is 0.336. The minimum Gasteiger partial charge on any atom is -0.383 e. The lowest BCUT2D eigenvalue weighted by Crippen LogP contribution is -2.03. The summed E-state index contributed by atoms with van der Waals surface area (Å²) >= 11 is 5.95. The van der Waals surface area contributed by atoms with Crippen molar-refractivity contribution in [2.75, 3.05) is 11.2 Å². The summed E-state index contributed by atoms with van der Waals surface area (Å²) in [5.74, 6) is 1.99. The van der Waals surface area contributed by atoms with E-state index in [9.17, 15) is 0 Å². The molecule has 0 aliphatic rings. The van der Waals surface area contributed by atoms with Gasteiger partial charge in [-0.3, -0.25) is 9.99 Å². The lowest BCUT2D eigenvalue weighted by atomic mass is 10.2. The molecule has 0 aliphatic carbocycles. The number of imidazole rings is 1. The predicted octanol–water partition coefficient (Wildman–Crippen LogP) is 4.24. The molecule has 0 aliphatic heterocycles. The molecule has 0 saturated heterocycles. The van der Waals surface area contributed by atoms with Gasteiger partial charge >= 0.3 is 0 Å². The summed E-state index contributed by atoms with van der Waals surface area (Å²) < 4.78 is 1.93. The third-order valence-corrected chi connectivity index (χ3v) is 4.68. The largest absolute Gasteiger partial charge is 0.383 e. The first-order valence-corrected chi connectivity index (χ1v) is 9.70. The number of hydrazone groups is 1. The van der Waals surface area contributed by atoms with Crippen LogP contribution in [0, 0.1) is 5.41 Å². The van der Waals surface area contributed by atoms with Crippen molar-refractivity contribution in [1.82, 2.24) is 19.5 Å². The van der Waals surface area contributed by atoms with Crippen LogP contribution in [0.4, 0.5) is 11.6 Å². The number of pyridine rings is 2. The summed E-state index contributed by atoms with van der Waals surface area (Å²) in [6.07, 6.45) is 3.06. The average Bonchev–Trinajstić information content (AvgIpc) is 3.12. The number of rotatable bonds is 6.